The van der Waals surface area contributed by atoms with Crippen LogP contribution in [0.15, 0.2) is 12.4 Å². The van der Waals surface area contributed by atoms with Crippen molar-refractivity contribution < 1.29 is 4.79 Å². The van der Waals surface area contributed by atoms with Crippen LogP contribution in [0.5, 0.6) is 0 Å². The zero-order valence-electron chi connectivity index (χ0n) is 11.2. The maximum absolute atomic E-state index is 12.0. The quantitative estimate of drug-likeness (QED) is 0.562. The Hall–Kier alpha value is -1.69. The number of nitrogens with two attached hydrogens (primary N) is 1. The fourth-order valence-corrected chi connectivity index (χ4v) is 2.62. The number of anilines is 1. The zero-order valence-corrected chi connectivity index (χ0v) is 11.2. The predicted molar refractivity (Wildman–Crippen MR) is 73.3 cm³/mol. The summed E-state index contributed by atoms with van der Waals surface area (Å²) in [6.07, 6.45) is 7.87. The van der Waals surface area contributed by atoms with E-state index >= 15 is 0 Å². The molecule has 2 unspecified atom stereocenters. The van der Waals surface area contributed by atoms with E-state index in [2.05, 4.69) is 27.6 Å². The molecule has 1 amide bonds. The molecule has 0 saturated heterocycles. The highest BCUT2D eigenvalue weighted by Crippen LogP contribution is 2.27. The molecule has 0 aromatic carbocycles. The molecule has 1 aromatic heterocycles. The second-order valence-corrected chi connectivity index (χ2v) is 5.28. The number of carbonyl (C=O) groups excluding carboxylic acids is 1. The first-order valence-electron chi connectivity index (χ1n) is 6.76. The molecular formula is C13H21N5O. The van der Waals surface area contributed by atoms with Crippen LogP contribution in [0, 0.1) is 11.8 Å². The molecule has 1 aliphatic carbocycles. The molecule has 1 heterocycles. The van der Waals surface area contributed by atoms with Crippen molar-refractivity contribution >= 4 is 11.7 Å². The van der Waals surface area contributed by atoms with Gasteiger partial charge in [0, 0.05) is 6.54 Å². The molecule has 1 saturated carbocycles. The summed E-state index contributed by atoms with van der Waals surface area (Å²) in [4.78, 5) is 19.9. The van der Waals surface area contributed by atoms with Crippen molar-refractivity contribution in [3.05, 3.63) is 18.1 Å². The lowest BCUT2D eigenvalue weighted by molar-refractivity contribution is 0.0935. The number of hydrazine groups is 1. The minimum atomic E-state index is -0.192. The molecule has 1 fully saturated rings. The summed E-state index contributed by atoms with van der Waals surface area (Å²) in [6, 6.07) is 0. The molecule has 1 aromatic rings. The number of aromatic nitrogens is 2. The van der Waals surface area contributed by atoms with Crippen molar-refractivity contribution in [2.75, 3.05) is 12.0 Å². The highest BCUT2D eigenvalue weighted by atomic mass is 16.1. The van der Waals surface area contributed by atoms with Crippen molar-refractivity contribution in [2.24, 2.45) is 17.7 Å². The zero-order chi connectivity index (χ0) is 13.7. The van der Waals surface area contributed by atoms with Gasteiger partial charge in [-0.15, -0.1) is 0 Å². The van der Waals surface area contributed by atoms with Gasteiger partial charge in [-0.2, -0.15) is 0 Å². The van der Waals surface area contributed by atoms with Crippen LogP contribution < -0.4 is 16.6 Å². The normalized spacial score (nSPS) is 22.8. The summed E-state index contributed by atoms with van der Waals surface area (Å²) < 4.78 is 0. The maximum Gasteiger partial charge on any atom is 0.271 e. The average Bonchev–Trinajstić information content (AvgIpc) is 2.45. The van der Waals surface area contributed by atoms with E-state index in [-0.39, 0.29) is 5.91 Å². The van der Waals surface area contributed by atoms with E-state index in [1.807, 2.05) is 0 Å². The van der Waals surface area contributed by atoms with E-state index in [1.54, 1.807) is 0 Å². The molecule has 2 rings (SSSR count). The number of rotatable bonds is 4. The minimum Gasteiger partial charge on any atom is -0.350 e. The van der Waals surface area contributed by atoms with Gasteiger partial charge in [0.15, 0.2) is 5.82 Å². The third-order valence-corrected chi connectivity index (χ3v) is 3.61. The summed E-state index contributed by atoms with van der Waals surface area (Å²) in [5, 5.41) is 2.93. The van der Waals surface area contributed by atoms with E-state index in [0.29, 0.717) is 24.0 Å². The first-order chi connectivity index (χ1) is 9.19. The number of nitrogen functional groups attached to an aromatic ring is 1. The topological polar surface area (TPSA) is 92.9 Å². The van der Waals surface area contributed by atoms with Gasteiger partial charge in [-0.25, -0.2) is 10.8 Å². The molecule has 1 aliphatic rings. The van der Waals surface area contributed by atoms with Crippen molar-refractivity contribution in [3.63, 3.8) is 0 Å². The van der Waals surface area contributed by atoms with Gasteiger partial charge in [-0.05, 0) is 24.7 Å². The van der Waals surface area contributed by atoms with Crippen molar-refractivity contribution in [1.82, 2.24) is 15.3 Å². The van der Waals surface area contributed by atoms with Gasteiger partial charge in [0.2, 0.25) is 0 Å². The molecule has 19 heavy (non-hydrogen) atoms. The third-order valence-electron chi connectivity index (χ3n) is 3.61. The van der Waals surface area contributed by atoms with Crippen molar-refractivity contribution in [3.8, 4) is 0 Å². The van der Waals surface area contributed by atoms with Crippen molar-refractivity contribution in [1.29, 1.82) is 0 Å². The van der Waals surface area contributed by atoms with Crippen LogP contribution in [0.4, 0.5) is 5.82 Å². The van der Waals surface area contributed by atoms with E-state index in [1.165, 1.54) is 38.1 Å². The number of nitrogens with one attached hydrogen (secondary N) is 2. The first kappa shape index (κ1) is 13.7. The SMILES string of the molecule is CC1CCCC(CNC(=O)c2cncc(NN)n2)C1. The summed E-state index contributed by atoms with van der Waals surface area (Å²) in [5.41, 5.74) is 2.67. The predicted octanol–water partition coefficient (Wildman–Crippen LogP) is 1.32. The second-order valence-electron chi connectivity index (χ2n) is 5.28. The van der Waals surface area contributed by atoms with E-state index in [0.717, 1.165) is 5.92 Å². The number of hydrogen-bond donors (Lipinski definition) is 3. The number of nitrogens with zero attached hydrogens (tertiary/aromatic N) is 2. The molecule has 6 nitrogen and oxygen atoms in total. The van der Waals surface area contributed by atoms with Gasteiger partial charge in [-0.1, -0.05) is 19.8 Å². The largest absolute Gasteiger partial charge is 0.350 e. The summed E-state index contributed by atoms with van der Waals surface area (Å²) in [6.45, 7) is 2.99. The molecule has 4 N–H and O–H groups in total. The van der Waals surface area contributed by atoms with Gasteiger partial charge in [0.05, 0.1) is 12.4 Å². The van der Waals surface area contributed by atoms with Crippen LogP contribution in [-0.4, -0.2) is 22.4 Å². The number of amides is 1. The van der Waals surface area contributed by atoms with Gasteiger partial charge < -0.3 is 10.7 Å². The Morgan fingerprint density at radius 1 is 1.47 bits per heavy atom. The fourth-order valence-electron chi connectivity index (χ4n) is 2.62. The molecule has 2 atom stereocenters. The Balaban J connectivity index is 1.86. The molecule has 0 spiro atoms. The second kappa shape index (κ2) is 6.47. The summed E-state index contributed by atoms with van der Waals surface area (Å²) in [5.74, 6) is 6.78. The van der Waals surface area contributed by atoms with Gasteiger partial charge in [0.25, 0.3) is 5.91 Å². The third kappa shape index (κ3) is 3.89. The van der Waals surface area contributed by atoms with Gasteiger partial charge >= 0.3 is 0 Å². The molecule has 104 valence electrons. The Morgan fingerprint density at radius 3 is 3.05 bits per heavy atom. The standard InChI is InChI=1S/C13H21N5O/c1-9-3-2-4-10(5-9)6-16-13(19)11-7-15-8-12(17-11)18-14/h7-10H,2-6,14H2,1H3,(H,16,19)(H,17,18). The molecule has 0 aliphatic heterocycles. The monoisotopic (exact) mass is 263 g/mol. The van der Waals surface area contributed by atoms with Crippen LogP contribution in [0.25, 0.3) is 0 Å². The van der Waals surface area contributed by atoms with Crippen LogP contribution in [0.1, 0.15) is 43.1 Å². The highest BCUT2D eigenvalue weighted by Gasteiger charge is 2.19. The Bertz CT molecular complexity index is 437. The highest BCUT2D eigenvalue weighted by molar-refractivity contribution is 5.92. The van der Waals surface area contributed by atoms with Crippen molar-refractivity contribution in [2.45, 2.75) is 32.6 Å². The van der Waals surface area contributed by atoms with Crippen LogP contribution in [-0.2, 0) is 0 Å². The Labute approximate surface area is 113 Å². The summed E-state index contributed by atoms with van der Waals surface area (Å²) >= 11 is 0. The van der Waals surface area contributed by atoms with Gasteiger partial charge in [-0.3, -0.25) is 9.78 Å². The molecule has 6 heteroatoms. The average molecular weight is 263 g/mol. The lowest BCUT2D eigenvalue weighted by Gasteiger charge is -2.26. The maximum atomic E-state index is 12.0. The smallest absolute Gasteiger partial charge is 0.271 e. The number of hydrogen-bond acceptors (Lipinski definition) is 5. The lowest BCUT2D eigenvalue weighted by atomic mass is 9.82. The van der Waals surface area contributed by atoms with Gasteiger partial charge in [0.1, 0.15) is 5.69 Å². The molecular weight excluding hydrogens is 242 g/mol. The van der Waals surface area contributed by atoms with Crippen LogP contribution in [0.3, 0.4) is 0 Å². The van der Waals surface area contributed by atoms with Crippen LogP contribution in [0.2, 0.25) is 0 Å². The summed E-state index contributed by atoms with van der Waals surface area (Å²) in [7, 11) is 0. The van der Waals surface area contributed by atoms with E-state index < -0.39 is 0 Å². The Morgan fingerprint density at radius 2 is 2.32 bits per heavy atom. The molecule has 0 bridgehead atoms. The first-order valence-corrected chi connectivity index (χ1v) is 6.76. The van der Waals surface area contributed by atoms with E-state index in [9.17, 15) is 4.79 Å². The Kier molecular flexibility index (Phi) is 4.68. The van der Waals surface area contributed by atoms with Crippen LogP contribution >= 0.6 is 0 Å². The molecule has 0 radical (unpaired) electrons. The number of carbonyl (C=O) groups is 1. The fraction of sp³-hybridized carbons (Fsp3) is 0.615. The lowest BCUT2D eigenvalue weighted by Crippen LogP contribution is -2.32. The van der Waals surface area contributed by atoms with E-state index in [4.69, 9.17) is 5.84 Å². The minimum absolute atomic E-state index is 0.192.